The van der Waals surface area contributed by atoms with Crippen molar-refractivity contribution < 1.29 is 0 Å². The number of hydrogen-bond donors (Lipinski definition) is 1. The standard InChI is InChI=1S/C16H30N2/c1-13-5-2-3-7-16(13)18(11-14-8-9-14)12-15-6-4-10-17-15/h13-17H,2-12H2,1H3. The van der Waals surface area contributed by atoms with Gasteiger partial charge in [-0.2, -0.15) is 0 Å². The van der Waals surface area contributed by atoms with E-state index in [2.05, 4.69) is 17.1 Å². The second-order valence-corrected chi connectivity index (χ2v) is 7.02. The van der Waals surface area contributed by atoms with Gasteiger partial charge in [-0.1, -0.05) is 19.8 Å². The normalized spacial score (nSPS) is 37.3. The second-order valence-electron chi connectivity index (χ2n) is 7.02. The van der Waals surface area contributed by atoms with Crippen LogP contribution in [0.25, 0.3) is 0 Å². The molecule has 3 fully saturated rings. The summed E-state index contributed by atoms with van der Waals surface area (Å²) in [4.78, 5) is 2.88. The molecule has 1 saturated heterocycles. The summed E-state index contributed by atoms with van der Waals surface area (Å²) in [6, 6.07) is 1.68. The van der Waals surface area contributed by atoms with Crippen molar-refractivity contribution in [2.45, 2.75) is 70.4 Å². The Hall–Kier alpha value is -0.0800. The van der Waals surface area contributed by atoms with Gasteiger partial charge in [-0.05, 0) is 56.9 Å². The molecule has 0 aromatic rings. The molecule has 3 rings (SSSR count). The van der Waals surface area contributed by atoms with Crippen LogP contribution in [-0.4, -0.2) is 36.6 Å². The number of rotatable bonds is 5. The zero-order valence-electron chi connectivity index (χ0n) is 12.0. The van der Waals surface area contributed by atoms with Crippen molar-refractivity contribution in [1.82, 2.24) is 10.2 Å². The SMILES string of the molecule is CC1CCCCC1N(CC1CC1)CC1CCCN1. The predicted molar refractivity (Wildman–Crippen MR) is 76.7 cm³/mol. The monoisotopic (exact) mass is 250 g/mol. The number of nitrogens with zero attached hydrogens (tertiary/aromatic N) is 1. The van der Waals surface area contributed by atoms with Crippen molar-refractivity contribution in [2.75, 3.05) is 19.6 Å². The lowest BCUT2D eigenvalue weighted by atomic mass is 9.84. The van der Waals surface area contributed by atoms with E-state index in [1.807, 2.05) is 0 Å². The third-order valence-corrected chi connectivity index (χ3v) is 5.34. The quantitative estimate of drug-likeness (QED) is 0.807. The Labute approximate surface area is 113 Å². The van der Waals surface area contributed by atoms with Gasteiger partial charge in [0.25, 0.3) is 0 Å². The first-order valence-electron chi connectivity index (χ1n) is 8.30. The zero-order valence-corrected chi connectivity index (χ0v) is 12.0. The molecule has 2 aliphatic carbocycles. The van der Waals surface area contributed by atoms with Crippen LogP contribution in [0.15, 0.2) is 0 Å². The first kappa shape index (κ1) is 12.9. The van der Waals surface area contributed by atoms with E-state index in [9.17, 15) is 0 Å². The van der Waals surface area contributed by atoms with Crippen LogP contribution in [0.4, 0.5) is 0 Å². The molecule has 2 heteroatoms. The third kappa shape index (κ3) is 3.27. The van der Waals surface area contributed by atoms with E-state index >= 15 is 0 Å². The van der Waals surface area contributed by atoms with Crippen LogP contribution in [0, 0.1) is 11.8 Å². The Bertz CT molecular complexity index is 256. The molecule has 2 nitrogen and oxygen atoms in total. The van der Waals surface area contributed by atoms with Gasteiger partial charge < -0.3 is 5.32 Å². The molecule has 18 heavy (non-hydrogen) atoms. The lowest BCUT2D eigenvalue weighted by Crippen LogP contribution is -2.48. The van der Waals surface area contributed by atoms with Gasteiger partial charge in [-0.25, -0.2) is 0 Å². The van der Waals surface area contributed by atoms with E-state index in [-0.39, 0.29) is 0 Å². The van der Waals surface area contributed by atoms with E-state index in [1.165, 1.54) is 71.0 Å². The molecule has 0 amide bonds. The summed E-state index contributed by atoms with van der Waals surface area (Å²) in [5.41, 5.74) is 0. The van der Waals surface area contributed by atoms with Gasteiger partial charge >= 0.3 is 0 Å². The van der Waals surface area contributed by atoms with Gasteiger partial charge in [0, 0.05) is 25.2 Å². The van der Waals surface area contributed by atoms with E-state index in [4.69, 9.17) is 0 Å². The molecule has 104 valence electrons. The Morgan fingerprint density at radius 3 is 2.44 bits per heavy atom. The van der Waals surface area contributed by atoms with Crippen molar-refractivity contribution in [2.24, 2.45) is 11.8 Å². The molecule has 3 unspecified atom stereocenters. The molecule has 3 atom stereocenters. The fourth-order valence-corrected chi connectivity index (χ4v) is 4.01. The van der Waals surface area contributed by atoms with Gasteiger partial charge in [-0.15, -0.1) is 0 Å². The second kappa shape index (κ2) is 5.92. The minimum atomic E-state index is 0.790. The van der Waals surface area contributed by atoms with Crippen LogP contribution in [0.1, 0.15) is 58.3 Å². The van der Waals surface area contributed by atoms with E-state index in [1.54, 1.807) is 0 Å². The van der Waals surface area contributed by atoms with Crippen molar-refractivity contribution in [1.29, 1.82) is 0 Å². The van der Waals surface area contributed by atoms with Gasteiger partial charge in [-0.3, -0.25) is 4.90 Å². The average molecular weight is 250 g/mol. The Morgan fingerprint density at radius 2 is 1.78 bits per heavy atom. The highest BCUT2D eigenvalue weighted by Crippen LogP contribution is 2.34. The van der Waals surface area contributed by atoms with Gasteiger partial charge in [0.1, 0.15) is 0 Å². The molecule has 1 N–H and O–H groups in total. The van der Waals surface area contributed by atoms with Crippen molar-refractivity contribution in [3.8, 4) is 0 Å². The minimum Gasteiger partial charge on any atom is -0.313 e. The van der Waals surface area contributed by atoms with Crippen LogP contribution in [0.3, 0.4) is 0 Å². The van der Waals surface area contributed by atoms with Crippen LogP contribution in [0.5, 0.6) is 0 Å². The van der Waals surface area contributed by atoms with Crippen molar-refractivity contribution >= 4 is 0 Å². The molecule has 2 saturated carbocycles. The van der Waals surface area contributed by atoms with Crippen molar-refractivity contribution in [3.05, 3.63) is 0 Å². The Kier molecular flexibility index (Phi) is 4.25. The highest BCUT2D eigenvalue weighted by atomic mass is 15.2. The van der Waals surface area contributed by atoms with Gasteiger partial charge in [0.05, 0.1) is 0 Å². The molecule has 0 aromatic carbocycles. The highest BCUT2D eigenvalue weighted by Gasteiger charge is 2.33. The fourth-order valence-electron chi connectivity index (χ4n) is 4.01. The van der Waals surface area contributed by atoms with E-state index in [0.29, 0.717) is 0 Å². The molecular formula is C16H30N2. The summed E-state index contributed by atoms with van der Waals surface area (Å²) >= 11 is 0. The molecule has 1 heterocycles. The summed E-state index contributed by atoms with van der Waals surface area (Å²) in [6.45, 7) is 6.46. The molecule has 0 bridgehead atoms. The maximum Gasteiger partial charge on any atom is 0.0195 e. The van der Waals surface area contributed by atoms with Crippen LogP contribution in [0.2, 0.25) is 0 Å². The number of hydrogen-bond acceptors (Lipinski definition) is 2. The minimum absolute atomic E-state index is 0.790. The smallest absolute Gasteiger partial charge is 0.0195 e. The van der Waals surface area contributed by atoms with Crippen LogP contribution in [-0.2, 0) is 0 Å². The topological polar surface area (TPSA) is 15.3 Å². The highest BCUT2D eigenvalue weighted by molar-refractivity contribution is 4.89. The summed E-state index contributed by atoms with van der Waals surface area (Å²) in [5.74, 6) is 1.97. The lowest BCUT2D eigenvalue weighted by molar-refractivity contribution is 0.0978. The largest absolute Gasteiger partial charge is 0.313 e. The first-order chi connectivity index (χ1) is 8.83. The molecular weight excluding hydrogens is 220 g/mol. The lowest BCUT2D eigenvalue weighted by Gasteiger charge is -2.40. The maximum atomic E-state index is 3.69. The van der Waals surface area contributed by atoms with E-state index < -0.39 is 0 Å². The van der Waals surface area contributed by atoms with E-state index in [0.717, 1.165) is 23.9 Å². The number of nitrogens with one attached hydrogen (secondary N) is 1. The predicted octanol–water partition coefficient (Wildman–Crippen LogP) is 3.03. The fraction of sp³-hybridized carbons (Fsp3) is 1.00. The summed E-state index contributed by atoms with van der Waals surface area (Å²) in [6.07, 6.45) is 11.6. The molecule has 0 radical (unpaired) electrons. The summed E-state index contributed by atoms with van der Waals surface area (Å²) in [7, 11) is 0. The van der Waals surface area contributed by atoms with Gasteiger partial charge in [0.2, 0.25) is 0 Å². The average Bonchev–Trinajstić information content (AvgIpc) is 3.03. The van der Waals surface area contributed by atoms with Crippen molar-refractivity contribution in [3.63, 3.8) is 0 Å². The zero-order chi connectivity index (χ0) is 12.4. The Morgan fingerprint density at radius 1 is 0.944 bits per heavy atom. The summed E-state index contributed by atoms with van der Waals surface area (Å²) < 4.78 is 0. The molecule has 0 aromatic heterocycles. The maximum absolute atomic E-state index is 3.69. The third-order valence-electron chi connectivity index (χ3n) is 5.34. The van der Waals surface area contributed by atoms with Crippen LogP contribution >= 0.6 is 0 Å². The van der Waals surface area contributed by atoms with Gasteiger partial charge in [0.15, 0.2) is 0 Å². The Balaban J connectivity index is 1.59. The molecule has 1 aliphatic heterocycles. The van der Waals surface area contributed by atoms with Crippen LogP contribution < -0.4 is 5.32 Å². The molecule has 0 spiro atoms. The first-order valence-corrected chi connectivity index (χ1v) is 8.30. The summed E-state index contributed by atoms with van der Waals surface area (Å²) in [5, 5.41) is 3.69. The molecule has 3 aliphatic rings.